The van der Waals surface area contributed by atoms with Crippen LogP contribution in [0.4, 0.5) is 0 Å². The van der Waals surface area contributed by atoms with Crippen molar-refractivity contribution in [2.75, 3.05) is 32.8 Å². The first-order chi connectivity index (χ1) is 5.36. The smallest absolute Gasteiger partial charge is 0.0594 e. The molecule has 1 aliphatic carbocycles. The van der Waals surface area contributed by atoms with E-state index < -0.39 is 0 Å². The SMILES string of the molecule is CC1CC1CN1CCOCC1. The summed E-state index contributed by atoms with van der Waals surface area (Å²) in [5.41, 5.74) is 0. The highest BCUT2D eigenvalue weighted by Crippen LogP contribution is 2.38. The van der Waals surface area contributed by atoms with Gasteiger partial charge in [0, 0.05) is 19.6 Å². The molecule has 11 heavy (non-hydrogen) atoms. The van der Waals surface area contributed by atoms with Crippen LogP contribution in [0.25, 0.3) is 0 Å². The summed E-state index contributed by atoms with van der Waals surface area (Å²) in [6.07, 6.45) is 1.46. The molecule has 0 aromatic heterocycles. The van der Waals surface area contributed by atoms with Crippen LogP contribution in [0, 0.1) is 11.8 Å². The van der Waals surface area contributed by atoms with E-state index in [1.807, 2.05) is 0 Å². The van der Waals surface area contributed by atoms with Crippen LogP contribution in [0.15, 0.2) is 0 Å². The van der Waals surface area contributed by atoms with Gasteiger partial charge in [-0.1, -0.05) is 6.92 Å². The van der Waals surface area contributed by atoms with E-state index in [-0.39, 0.29) is 0 Å². The Morgan fingerprint density at radius 2 is 2.00 bits per heavy atom. The highest BCUT2D eigenvalue weighted by Gasteiger charge is 2.33. The fourth-order valence-electron chi connectivity index (χ4n) is 1.77. The Morgan fingerprint density at radius 3 is 2.55 bits per heavy atom. The summed E-state index contributed by atoms with van der Waals surface area (Å²) in [7, 11) is 0. The number of hydrogen-bond acceptors (Lipinski definition) is 2. The molecule has 0 aromatic rings. The molecule has 2 atom stereocenters. The third-order valence-electron chi connectivity index (χ3n) is 2.87. The molecule has 0 bridgehead atoms. The Hall–Kier alpha value is -0.0800. The van der Waals surface area contributed by atoms with Gasteiger partial charge in [-0.05, 0) is 18.3 Å². The molecular formula is C9H17NO. The Kier molecular flexibility index (Phi) is 2.14. The molecule has 1 saturated heterocycles. The van der Waals surface area contributed by atoms with Crippen molar-refractivity contribution in [1.29, 1.82) is 0 Å². The molecule has 0 N–H and O–H groups in total. The fourth-order valence-corrected chi connectivity index (χ4v) is 1.77. The molecule has 0 amide bonds. The van der Waals surface area contributed by atoms with Gasteiger partial charge in [0.15, 0.2) is 0 Å². The standard InChI is InChI=1S/C9H17NO/c1-8-6-9(8)7-10-2-4-11-5-3-10/h8-9H,2-7H2,1H3. The van der Waals surface area contributed by atoms with Crippen LogP contribution < -0.4 is 0 Å². The first-order valence-corrected chi connectivity index (χ1v) is 4.66. The van der Waals surface area contributed by atoms with Crippen molar-refractivity contribution in [2.45, 2.75) is 13.3 Å². The Labute approximate surface area is 68.5 Å². The molecule has 1 saturated carbocycles. The number of morpholine rings is 1. The summed E-state index contributed by atoms with van der Waals surface area (Å²) >= 11 is 0. The minimum absolute atomic E-state index is 0.946. The molecule has 2 unspecified atom stereocenters. The third-order valence-corrected chi connectivity index (χ3v) is 2.87. The summed E-state index contributed by atoms with van der Waals surface area (Å²) in [6.45, 7) is 7.88. The quantitative estimate of drug-likeness (QED) is 0.589. The molecule has 0 radical (unpaired) electrons. The van der Waals surface area contributed by atoms with Crippen LogP contribution in [0.5, 0.6) is 0 Å². The van der Waals surface area contributed by atoms with Crippen molar-refractivity contribution >= 4 is 0 Å². The van der Waals surface area contributed by atoms with E-state index in [1.54, 1.807) is 0 Å². The van der Waals surface area contributed by atoms with Crippen molar-refractivity contribution in [1.82, 2.24) is 4.90 Å². The third kappa shape index (κ3) is 1.94. The van der Waals surface area contributed by atoms with Gasteiger partial charge in [-0.3, -0.25) is 4.90 Å². The van der Waals surface area contributed by atoms with Crippen molar-refractivity contribution in [3.05, 3.63) is 0 Å². The lowest BCUT2D eigenvalue weighted by atomic mass is 10.3. The van der Waals surface area contributed by atoms with E-state index >= 15 is 0 Å². The van der Waals surface area contributed by atoms with Gasteiger partial charge in [0.25, 0.3) is 0 Å². The summed E-state index contributed by atoms with van der Waals surface area (Å²) in [5.74, 6) is 2.01. The molecule has 2 rings (SSSR count). The summed E-state index contributed by atoms with van der Waals surface area (Å²) in [5, 5.41) is 0. The maximum Gasteiger partial charge on any atom is 0.0594 e. The zero-order chi connectivity index (χ0) is 7.68. The van der Waals surface area contributed by atoms with E-state index in [0.717, 1.165) is 38.1 Å². The minimum Gasteiger partial charge on any atom is -0.379 e. The molecule has 2 aliphatic rings. The number of rotatable bonds is 2. The van der Waals surface area contributed by atoms with E-state index in [1.165, 1.54) is 13.0 Å². The van der Waals surface area contributed by atoms with Crippen LogP contribution in [0.3, 0.4) is 0 Å². The molecule has 1 aliphatic heterocycles. The lowest BCUT2D eigenvalue weighted by Crippen LogP contribution is -2.37. The van der Waals surface area contributed by atoms with Crippen molar-refractivity contribution in [3.8, 4) is 0 Å². The van der Waals surface area contributed by atoms with Gasteiger partial charge >= 0.3 is 0 Å². The molecule has 2 nitrogen and oxygen atoms in total. The Morgan fingerprint density at radius 1 is 1.36 bits per heavy atom. The zero-order valence-corrected chi connectivity index (χ0v) is 7.25. The monoisotopic (exact) mass is 155 g/mol. The maximum atomic E-state index is 5.29. The van der Waals surface area contributed by atoms with Crippen LogP contribution >= 0.6 is 0 Å². The molecule has 2 fully saturated rings. The second-order valence-electron chi connectivity index (χ2n) is 3.89. The molecular weight excluding hydrogens is 138 g/mol. The van der Waals surface area contributed by atoms with Gasteiger partial charge in [0.2, 0.25) is 0 Å². The lowest BCUT2D eigenvalue weighted by molar-refractivity contribution is 0.0352. The van der Waals surface area contributed by atoms with Crippen LogP contribution in [-0.4, -0.2) is 37.7 Å². The van der Waals surface area contributed by atoms with Gasteiger partial charge in [0.05, 0.1) is 13.2 Å². The largest absolute Gasteiger partial charge is 0.379 e. The average Bonchev–Trinajstić information content (AvgIpc) is 2.69. The zero-order valence-electron chi connectivity index (χ0n) is 7.25. The predicted molar refractivity (Wildman–Crippen MR) is 44.5 cm³/mol. The molecule has 64 valence electrons. The highest BCUT2D eigenvalue weighted by atomic mass is 16.5. The van der Waals surface area contributed by atoms with Crippen molar-refractivity contribution < 1.29 is 4.74 Å². The van der Waals surface area contributed by atoms with Gasteiger partial charge < -0.3 is 4.74 Å². The van der Waals surface area contributed by atoms with E-state index in [4.69, 9.17) is 4.74 Å². The Balaban J connectivity index is 1.68. The minimum atomic E-state index is 0.946. The van der Waals surface area contributed by atoms with E-state index in [9.17, 15) is 0 Å². The van der Waals surface area contributed by atoms with Crippen LogP contribution in [0.2, 0.25) is 0 Å². The second-order valence-corrected chi connectivity index (χ2v) is 3.89. The summed E-state index contributed by atoms with van der Waals surface area (Å²) < 4.78 is 5.29. The predicted octanol–water partition coefficient (Wildman–Crippen LogP) is 0.975. The molecule has 1 heterocycles. The number of hydrogen-bond donors (Lipinski definition) is 0. The normalized spacial score (nSPS) is 39.0. The summed E-state index contributed by atoms with van der Waals surface area (Å²) in [6, 6.07) is 0. The van der Waals surface area contributed by atoms with Gasteiger partial charge in [0.1, 0.15) is 0 Å². The summed E-state index contributed by atoms with van der Waals surface area (Å²) in [4.78, 5) is 2.54. The molecule has 0 spiro atoms. The highest BCUT2D eigenvalue weighted by molar-refractivity contribution is 4.85. The molecule has 0 aromatic carbocycles. The van der Waals surface area contributed by atoms with Gasteiger partial charge in [-0.15, -0.1) is 0 Å². The molecule has 2 heteroatoms. The van der Waals surface area contributed by atoms with E-state index in [0.29, 0.717) is 0 Å². The average molecular weight is 155 g/mol. The van der Waals surface area contributed by atoms with Crippen molar-refractivity contribution in [2.24, 2.45) is 11.8 Å². The number of nitrogens with zero attached hydrogens (tertiary/aromatic N) is 1. The van der Waals surface area contributed by atoms with Crippen LogP contribution in [0.1, 0.15) is 13.3 Å². The maximum absolute atomic E-state index is 5.29. The van der Waals surface area contributed by atoms with Crippen LogP contribution in [-0.2, 0) is 4.74 Å². The van der Waals surface area contributed by atoms with Gasteiger partial charge in [-0.25, -0.2) is 0 Å². The topological polar surface area (TPSA) is 12.5 Å². The Bertz CT molecular complexity index is 132. The van der Waals surface area contributed by atoms with E-state index in [2.05, 4.69) is 11.8 Å². The fraction of sp³-hybridized carbons (Fsp3) is 1.00. The second kappa shape index (κ2) is 3.11. The number of ether oxygens (including phenoxy) is 1. The first kappa shape index (κ1) is 7.56. The van der Waals surface area contributed by atoms with Crippen molar-refractivity contribution in [3.63, 3.8) is 0 Å². The first-order valence-electron chi connectivity index (χ1n) is 4.66. The lowest BCUT2D eigenvalue weighted by Gasteiger charge is -2.26. The van der Waals surface area contributed by atoms with Gasteiger partial charge in [-0.2, -0.15) is 0 Å².